The second-order valence-electron chi connectivity index (χ2n) is 3.33. The van der Waals surface area contributed by atoms with Gasteiger partial charge in [-0.1, -0.05) is 53.7 Å². The van der Waals surface area contributed by atoms with Gasteiger partial charge in [0, 0.05) is 23.5 Å². The molecule has 22 heavy (non-hydrogen) atoms. The average Bonchev–Trinajstić information content (AvgIpc) is 2.62. The maximum atomic E-state index is 7.50. The zero-order valence-electron chi connectivity index (χ0n) is 11.5. The standard InChI is InChI=1S/C13H13NO.3CO.Fe/c1-3-7-12(8-4-1)11-15-14-13-9-5-2-6-10-13;3*1-2;/h1-9H,10-11H2;;;;/b14-13+;;;;. The van der Waals surface area contributed by atoms with E-state index < -0.39 is 0 Å². The summed E-state index contributed by atoms with van der Waals surface area (Å²) in [6.07, 6.45) is 8.85. The first kappa shape index (κ1) is 24.9. The molecule has 0 saturated carbocycles. The number of nitrogens with zero attached hydrogens (tertiary/aromatic N) is 1. The van der Waals surface area contributed by atoms with Crippen LogP contribution in [-0.2, 0) is 42.5 Å². The smallest absolute Gasteiger partial charge is 0 e. The van der Waals surface area contributed by atoms with Gasteiger partial charge in [0.1, 0.15) is 6.61 Å². The number of hydrogen-bond acceptors (Lipinski definition) is 2. The number of allylic oxidation sites excluding steroid dienone is 4. The molecule has 0 radical (unpaired) electrons. The van der Waals surface area contributed by atoms with Crippen molar-refractivity contribution in [2.75, 3.05) is 0 Å². The van der Waals surface area contributed by atoms with E-state index in [1.54, 1.807) is 0 Å². The van der Waals surface area contributed by atoms with E-state index in [1.165, 1.54) is 0 Å². The molecule has 6 heteroatoms. The van der Waals surface area contributed by atoms with Gasteiger partial charge in [-0.05, 0) is 11.6 Å². The summed E-state index contributed by atoms with van der Waals surface area (Å²) < 4.78 is 22.5. The molecule has 1 aromatic carbocycles. The Balaban J connectivity index is -0.000000463. The van der Waals surface area contributed by atoms with Crippen LogP contribution in [0.4, 0.5) is 0 Å². The molecular weight excluding hydrogens is 326 g/mol. The van der Waals surface area contributed by atoms with Gasteiger partial charge < -0.3 is 4.84 Å². The van der Waals surface area contributed by atoms with Gasteiger partial charge in [-0.3, -0.25) is 0 Å². The molecule has 1 aliphatic rings. The maximum Gasteiger partial charge on any atom is 0 e. The molecule has 0 fully saturated rings. The van der Waals surface area contributed by atoms with Gasteiger partial charge in [0.2, 0.25) is 0 Å². The fraction of sp³-hybridized carbons (Fsp3) is 0.125. The van der Waals surface area contributed by atoms with Crippen LogP contribution in [0.15, 0.2) is 59.8 Å². The van der Waals surface area contributed by atoms with Crippen molar-refractivity contribution in [3.8, 4) is 0 Å². The summed E-state index contributed by atoms with van der Waals surface area (Å²) in [6.45, 7) is 14.0. The van der Waals surface area contributed by atoms with E-state index in [4.69, 9.17) is 18.8 Å². The number of hydrogen-bond donors (Lipinski definition) is 0. The molecule has 114 valence electrons. The van der Waals surface area contributed by atoms with Crippen LogP contribution in [0, 0.1) is 20.0 Å². The van der Waals surface area contributed by atoms with E-state index in [0.717, 1.165) is 17.7 Å². The Bertz CT molecular complexity index is 502. The molecule has 2 rings (SSSR count). The van der Waals surface area contributed by atoms with Crippen molar-refractivity contribution < 1.29 is 35.9 Å². The Morgan fingerprint density at radius 3 is 2.05 bits per heavy atom. The SMILES string of the molecule is C1=CC/C(=N/OCc2ccccc2)C=C1.[C-]#[O+].[C-]#[O+].[C-]#[O+].[Fe]. The number of oxime groups is 1. The van der Waals surface area contributed by atoms with Crippen LogP contribution in [-0.4, -0.2) is 5.71 Å². The van der Waals surface area contributed by atoms with Crippen molar-refractivity contribution in [2.45, 2.75) is 13.0 Å². The quantitative estimate of drug-likeness (QED) is 0.361. The van der Waals surface area contributed by atoms with Crippen LogP contribution < -0.4 is 0 Å². The number of rotatable bonds is 3. The average molecular weight is 339 g/mol. The molecule has 0 heterocycles. The Morgan fingerprint density at radius 2 is 1.55 bits per heavy atom. The van der Waals surface area contributed by atoms with E-state index >= 15 is 0 Å². The molecule has 0 amide bonds. The molecule has 0 aliphatic heterocycles. The Labute approximate surface area is 140 Å². The van der Waals surface area contributed by atoms with E-state index in [2.05, 4.69) is 31.2 Å². The summed E-state index contributed by atoms with van der Waals surface area (Å²) in [4.78, 5) is 5.26. The first-order chi connectivity index (χ1) is 10.4. The third-order valence-corrected chi connectivity index (χ3v) is 2.12. The minimum atomic E-state index is 0. The van der Waals surface area contributed by atoms with Crippen LogP contribution in [0.1, 0.15) is 12.0 Å². The summed E-state index contributed by atoms with van der Waals surface area (Å²) in [7, 11) is 0. The van der Waals surface area contributed by atoms with Crippen molar-refractivity contribution in [2.24, 2.45) is 5.16 Å². The number of benzene rings is 1. The van der Waals surface area contributed by atoms with E-state index in [9.17, 15) is 0 Å². The van der Waals surface area contributed by atoms with Crippen LogP contribution >= 0.6 is 0 Å². The van der Waals surface area contributed by atoms with Crippen LogP contribution in [0.2, 0.25) is 0 Å². The third-order valence-electron chi connectivity index (χ3n) is 2.12. The van der Waals surface area contributed by atoms with Crippen molar-refractivity contribution in [1.82, 2.24) is 0 Å². The van der Waals surface area contributed by atoms with Gasteiger partial charge in [-0.2, -0.15) is 0 Å². The van der Waals surface area contributed by atoms with E-state index in [1.807, 2.05) is 48.6 Å². The second-order valence-corrected chi connectivity index (χ2v) is 3.33. The zero-order valence-corrected chi connectivity index (χ0v) is 12.6. The van der Waals surface area contributed by atoms with E-state index in [0.29, 0.717) is 6.61 Å². The molecule has 0 aromatic heterocycles. The molecule has 0 saturated heterocycles. The molecule has 1 aromatic rings. The fourth-order valence-corrected chi connectivity index (χ4v) is 1.33. The van der Waals surface area contributed by atoms with E-state index in [-0.39, 0.29) is 17.1 Å². The van der Waals surface area contributed by atoms with Gasteiger partial charge >= 0.3 is 33.9 Å². The Hall–Kier alpha value is -2.09. The molecule has 0 unspecified atom stereocenters. The minimum Gasteiger partial charge on any atom is 0 e. The van der Waals surface area contributed by atoms with Crippen molar-refractivity contribution in [3.05, 3.63) is 80.2 Å². The topological polar surface area (TPSA) is 81.3 Å². The third kappa shape index (κ3) is 12.9. The zero-order chi connectivity index (χ0) is 16.3. The molecule has 0 N–H and O–H groups in total. The van der Waals surface area contributed by atoms with Crippen molar-refractivity contribution in [3.63, 3.8) is 0 Å². The largest absolute Gasteiger partial charge is 0 e. The predicted molar refractivity (Wildman–Crippen MR) is 73.4 cm³/mol. The Morgan fingerprint density at radius 1 is 0.955 bits per heavy atom. The first-order valence-electron chi connectivity index (χ1n) is 5.62. The summed E-state index contributed by atoms with van der Waals surface area (Å²) in [6, 6.07) is 10.0. The van der Waals surface area contributed by atoms with Crippen LogP contribution in [0.25, 0.3) is 0 Å². The van der Waals surface area contributed by atoms with Gasteiger partial charge in [0.25, 0.3) is 0 Å². The molecule has 0 spiro atoms. The molecule has 0 atom stereocenters. The Kier molecular flexibility index (Phi) is 24.0. The summed E-state index contributed by atoms with van der Waals surface area (Å²) >= 11 is 0. The van der Waals surface area contributed by atoms with Crippen LogP contribution in [0.5, 0.6) is 0 Å². The molecule has 5 nitrogen and oxygen atoms in total. The first-order valence-corrected chi connectivity index (χ1v) is 5.62. The normalized spacial score (nSPS) is 11.8. The van der Waals surface area contributed by atoms with Crippen molar-refractivity contribution >= 4 is 5.71 Å². The van der Waals surface area contributed by atoms with Gasteiger partial charge in [-0.25, -0.2) is 0 Å². The fourth-order valence-electron chi connectivity index (χ4n) is 1.33. The van der Waals surface area contributed by atoms with Gasteiger partial charge in [0.15, 0.2) is 0 Å². The van der Waals surface area contributed by atoms with Gasteiger partial charge in [0.05, 0.1) is 5.71 Å². The second kappa shape index (κ2) is 21.2. The summed E-state index contributed by atoms with van der Waals surface area (Å²) in [5, 5.41) is 4.06. The summed E-state index contributed by atoms with van der Waals surface area (Å²) in [5.74, 6) is 0. The van der Waals surface area contributed by atoms with Crippen molar-refractivity contribution in [1.29, 1.82) is 0 Å². The summed E-state index contributed by atoms with van der Waals surface area (Å²) in [5.41, 5.74) is 2.10. The predicted octanol–water partition coefficient (Wildman–Crippen LogP) is 2.96. The molecule has 1 aliphatic carbocycles. The molecule has 0 bridgehead atoms. The van der Waals surface area contributed by atoms with Crippen LogP contribution in [0.3, 0.4) is 0 Å². The maximum absolute atomic E-state index is 7.50. The minimum absolute atomic E-state index is 0. The van der Waals surface area contributed by atoms with Gasteiger partial charge in [-0.15, -0.1) is 0 Å². The molecular formula is C16H13FeNO4. The monoisotopic (exact) mass is 339 g/mol.